The van der Waals surface area contributed by atoms with Crippen LogP contribution in [0.2, 0.25) is 0 Å². The summed E-state index contributed by atoms with van der Waals surface area (Å²) in [5.74, 6) is 6.08. The first-order valence-electron chi connectivity index (χ1n) is 6.54. The lowest BCUT2D eigenvalue weighted by Crippen LogP contribution is -2.41. The highest BCUT2D eigenvalue weighted by atomic mass is 16.5. The topological polar surface area (TPSA) is 21.3 Å². The summed E-state index contributed by atoms with van der Waals surface area (Å²) in [5, 5.41) is 3.52. The first-order chi connectivity index (χ1) is 7.79. The third-order valence-electron chi connectivity index (χ3n) is 2.63. The van der Waals surface area contributed by atoms with Crippen molar-refractivity contribution in [1.82, 2.24) is 5.32 Å². The van der Waals surface area contributed by atoms with E-state index in [1.54, 1.807) is 0 Å². The maximum atomic E-state index is 5.82. The van der Waals surface area contributed by atoms with Crippen LogP contribution in [0.4, 0.5) is 0 Å². The van der Waals surface area contributed by atoms with Crippen molar-refractivity contribution in [2.45, 2.75) is 65.5 Å². The van der Waals surface area contributed by atoms with Gasteiger partial charge in [0, 0.05) is 19.1 Å². The van der Waals surface area contributed by atoms with Crippen molar-refractivity contribution in [3.05, 3.63) is 0 Å². The molecular formula is C14H27NO. The van der Waals surface area contributed by atoms with Gasteiger partial charge in [-0.1, -0.05) is 20.3 Å². The van der Waals surface area contributed by atoms with Crippen LogP contribution in [0.5, 0.6) is 0 Å². The van der Waals surface area contributed by atoms with Gasteiger partial charge in [0.25, 0.3) is 0 Å². The second-order valence-corrected chi connectivity index (χ2v) is 3.91. The molecule has 0 saturated carbocycles. The Morgan fingerprint density at radius 1 is 1.19 bits per heavy atom. The highest BCUT2D eigenvalue weighted by Crippen LogP contribution is 2.12. The predicted molar refractivity (Wildman–Crippen MR) is 70.5 cm³/mol. The van der Waals surface area contributed by atoms with Gasteiger partial charge in [-0.2, -0.15) is 0 Å². The number of nitrogens with one attached hydrogen (secondary N) is 1. The zero-order chi connectivity index (χ0) is 12.2. The smallest absolute Gasteiger partial charge is 0.0728 e. The highest BCUT2D eigenvalue weighted by molar-refractivity contribution is 4.96. The predicted octanol–water partition coefficient (Wildman–Crippen LogP) is 2.97. The molecule has 0 aliphatic rings. The maximum Gasteiger partial charge on any atom is 0.0728 e. The van der Waals surface area contributed by atoms with Crippen molar-refractivity contribution in [2.75, 3.05) is 13.2 Å². The molecule has 94 valence electrons. The fourth-order valence-electron chi connectivity index (χ4n) is 1.93. The van der Waals surface area contributed by atoms with Gasteiger partial charge in [-0.3, -0.25) is 0 Å². The van der Waals surface area contributed by atoms with Gasteiger partial charge in [0.05, 0.1) is 6.10 Å². The molecule has 0 saturated heterocycles. The summed E-state index contributed by atoms with van der Waals surface area (Å²) >= 11 is 0. The van der Waals surface area contributed by atoms with Gasteiger partial charge in [-0.25, -0.2) is 0 Å². The van der Waals surface area contributed by atoms with Crippen LogP contribution < -0.4 is 5.32 Å². The summed E-state index contributed by atoms with van der Waals surface area (Å²) in [5.41, 5.74) is 0. The first kappa shape index (κ1) is 15.5. The minimum absolute atomic E-state index is 0.341. The third-order valence-corrected chi connectivity index (χ3v) is 2.63. The lowest BCUT2D eigenvalue weighted by Gasteiger charge is -2.27. The minimum atomic E-state index is 0.341. The average Bonchev–Trinajstić information content (AvgIpc) is 2.28. The Morgan fingerprint density at radius 2 is 1.94 bits per heavy atom. The molecule has 0 fully saturated rings. The quantitative estimate of drug-likeness (QED) is 0.609. The Kier molecular flexibility index (Phi) is 10.6. The van der Waals surface area contributed by atoms with Crippen LogP contribution in [0.25, 0.3) is 0 Å². The summed E-state index contributed by atoms with van der Waals surface area (Å²) in [7, 11) is 0. The fourth-order valence-corrected chi connectivity index (χ4v) is 1.93. The number of likely N-dealkylation sites (N-methyl/N-ethyl adjacent to an activating group) is 1. The summed E-state index contributed by atoms with van der Waals surface area (Å²) in [6.45, 7) is 10.1. The Labute approximate surface area is 101 Å². The van der Waals surface area contributed by atoms with Gasteiger partial charge in [-0.05, 0) is 33.2 Å². The normalized spacial score (nSPS) is 14.0. The van der Waals surface area contributed by atoms with Gasteiger partial charge in [0.15, 0.2) is 0 Å². The SMILES string of the molecule is CC#CCCC(NCC)C(CCC)OCC. The van der Waals surface area contributed by atoms with Crippen molar-refractivity contribution >= 4 is 0 Å². The maximum absolute atomic E-state index is 5.82. The van der Waals surface area contributed by atoms with Crippen molar-refractivity contribution < 1.29 is 4.74 Å². The standard InChI is InChI=1S/C14H27NO/c1-5-9-10-12-13(15-7-3)14(11-6-2)16-8-4/h13-15H,6-8,10-12H2,1-4H3. The van der Waals surface area contributed by atoms with E-state index in [1.165, 1.54) is 6.42 Å². The summed E-state index contributed by atoms with van der Waals surface area (Å²) < 4.78 is 5.82. The lowest BCUT2D eigenvalue weighted by molar-refractivity contribution is 0.0267. The molecule has 0 amide bonds. The zero-order valence-electron chi connectivity index (χ0n) is 11.3. The molecule has 0 aromatic rings. The molecule has 0 aliphatic carbocycles. The van der Waals surface area contributed by atoms with Gasteiger partial charge < -0.3 is 10.1 Å². The third kappa shape index (κ3) is 6.87. The second-order valence-electron chi connectivity index (χ2n) is 3.91. The van der Waals surface area contributed by atoms with E-state index in [0.29, 0.717) is 12.1 Å². The molecule has 16 heavy (non-hydrogen) atoms. The molecule has 0 heterocycles. The van der Waals surface area contributed by atoms with E-state index in [1.807, 2.05) is 6.92 Å². The van der Waals surface area contributed by atoms with Crippen LogP contribution in [-0.4, -0.2) is 25.3 Å². The van der Waals surface area contributed by atoms with Gasteiger partial charge >= 0.3 is 0 Å². The number of hydrogen-bond acceptors (Lipinski definition) is 2. The van der Waals surface area contributed by atoms with E-state index in [9.17, 15) is 0 Å². The van der Waals surface area contributed by atoms with E-state index in [4.69, 9.17) is 4.74 Å². The van der Waals surface area contributed by atoms with E-state index < -0.39 is 0 Å². The summed E-state index contributed by atoms with van der Waals surface area (Å²) in [6.07, 6.45) is 4.69. The van der Waals surface area contributed by atoms with E-state index >= 15 is 0 Å². The van der Waals surface area contributed by atoms with E-state index in [0.717, 1.165) is 32.4 Å². The number of rotatable bonds is 9. The average molecular weight is 225 g/mol. The van der Waals surface area contributed by atoms with Crippen LogP contribution in [0, 0.1) is 11.8 Å². The molecular weight excluding hydrogens is 198 g/mol. The molecule has 0 bridgehead atoms. The Morgan fingerprint density at radius 3 is 2.44 bits per heavy atom. The van der Waals surface area contributed by atoms with Gasteiger partial charge in [0.1, 0.15) is 0 Å². The molecule has 1 N–H and O–H groups in total. The van der Waals surface area contributed by atoms with Crippen LogP contribution in [-0.2, 0) is 4.74 Å². The fraction of sp³-hybridized carbons (Fsp3) is 0.857. The Balaban J connectivity index is 4.22. The second kappa shape index (κ2) is 11.0. The molecule has 0 spiro atoms. The summed E-state index contributed by atoms with van der Waals surface area (Å²) in [4.78, 5) is 0. The van der Waals surface area contributed by atoms with Gasteiger partial charge in [0.2, 0.25) is 0 Å². The number of hydrogen-bond donors (Lipinski definition) is 1. The minimum Gasteiger partial charge on any atom is -0.377 e. The summed E-state index contributed by atoms with van der Waals surface area (Å²) in [6, 6.07) is 0.450. The molecule has 2 nitrogen and oxygen atoms in total. The van der Waals surface area contributed by atoms with Crippen molar-refractivity contribution in [2.24, 2.45) is 0 Å². The zero-order valence-corrected chi connectivity index (χ0v) is 11.3. The van der Waals surface area contributed by atoms with Crippen LogP contribution in [0.1, 0.15) is 53.4 Å². The molecule has 0 aromatic carbocycles. The monoisotopic (exact) mass is 225 g/mol. The molecule has 2 atom stereocenters. The van der Waals surface area contributed by atoms with E-state index in [2.05, 4.69) is 37.9 Å². The van der Waals surface area contributed by atoms with Crippen molar-refractivity contribution in [1.29, 1.82) is 0 Å². The molecule has 2 heteroatoms. The largest absolute Gasteiger partial charge is 0.377 e. The molecule has 0 aromatic heterocycles. The van der Waals surface area contributed by atoms with Crippen LogP contribution in [0.3, 0.4) is 0 Å². The Bertz CT molecular complexity index is 199. The highest BCUT2D eigenvalue weighted by Gasteiger charge is 2.19. The first-order valence-corrected chi connectivity index (χ1v) is 6.54. The van der Waals surface area contributed by atoms with Crippen molar-refractivity contribution in [3.8, 4) is 11.8 Å². The van der Waals surface area contributed by atoms with Gasteiger partial charge in [-0.15, -0.1) is 11.8 Å². The lowest BCUT2D eigenvalue weighted by atomic mass is 10.0. The Hall–Kier alpha value is -0.520. The van der Waals surface area contributed by atoms with E-state index in [-0.39, 0.29) is 0 Å². The molecule has 0 rings (SSSR count). The van der Waals surface area contributed by atoms with Crippen LogP contribution >= 0.6 is 0 Å². The number of ether oxygens (including phenoxy) is 1. The molecule has 0 aliphatic heterocycles. The molecule has 0 radical (unpaired) electrons. The van der Waals surface area contributed by atoms with Crippen molar-refractivity contribution in [3.63, 3.8) is 0 Å². The molecule has 2 unspecified atom stereocenters. The van der Waals surface area contributed by atoms with Crippen LogP contribution in [0.15, 0.2) is 0 Å².